The Morgan fingerprint density at radius 2 is 2.00 bits per heavy atom. The van der Waals surface area contributed by atoms with Crippen molar-refractivity contribution in [2.24, 2.45) is 0 Å². The Labute approximate surface area is 88.7 Å². The zero-order valence-electron chi connectivity index (χ0n) is 8.48. The van der Waals surface area contributed by atoms with Crippen molar-refractivity contribution in [1.82, 2.24) is 4.90 Å². The van der Waals surface area contributed by atoms with Gasteiger partial charge in [0.1, 0.15) is 5.78 Å². The second-order valence-electron chi connectivity index (χ2n) is 3.79. The lowest BCUT2D eigenvalue weighted by atomic mass is 10.1. The van der Waals surface area contributed by atoms with Gasteiger partial charge in [0.25, 0.3) is 0 Å². The number of nitrogens with zero attached hydrogens (tertiary/aromatic N) is 1. The van der Waals surface area contributed by atoms with Gasteiger partial charge in [0, 0.05) is 18.5 Å². The molecule has 0 unspecified atom stereocenters. The Kier molecular flexibility index (Phi) is 2.92. The third-order valence-corrected chi connectivity index (χ3v) is 2.57. The Morgan fingerprint density at radius 1 is 1.27 bits per heavy atom. The number of carbonyl (C=O) groups is 2. The highest BCUT2D eigenvalue weighted by molar-refractivity contribution is 5.98. The fourth-order valence-corrected chi connectivity index (χ4v) is 1.74. The number of rotatable bonds is 3. The molecule has 3 heteroatoms. The minimum absolute atomic E-state index is 0.0882. The summed E-state index contributed by atoms with van der Waals surface area (Å²) in [7, 11) is 0. The summed E-state index contributed by atoms with van der Waals surface area (Å²) in [6.45, 7) is 1.51. The second-order valence-corrected chi connectivity index (χ2v) is 3.79. The van der Waals surface area contributed by atoms with E-state index in [1.165, 1.54) is 0 Å². The number of hydrogen-bond donors (Lipinski definition) is 0. The monoisotopic (exact) mass is 203 g/mol. The number of ketones is 2. The van der Waals surface area contributed by atoms with Gasteiger partial charge < -0.3 is 0 Å². The molecule has 0 bridgehead atoms. The fourth-order valence-electron chi connectivity index (χ4n) is 1.74. The van der Waals surface area contributed by atoms with Crippen molar-refractivity contribution >= 4 is 11.6 Å². The lowest BCUT2D eigenvalue weighted by molar-refractivity contribution is -0.116. The zero-order valence-corrected chi connectivity index (χ0v) is 8.48. The largest absolute Gasteiger partial charge is 0.298 e. The molecule has 0 saturated carbocycles. The van der Waals surface area contributed by atoms with Crippen LogP contribution in [0.2, 0.25) is 0 Å². The van der Waals surface area contributed by atoms with E-state index in [1.807, 2.05) is 23.1 Å². The van der Waals surface area contributed by atoms with Crippen LogP contribution in [0.25, 0.3) is 0 Å². The average molecular weight is 203 g/mol. The summed E-state index contributed by atoms with van der Waals surface area (Å²) < 4.78 is 0. The lowest BCUT2D eigenvalue weighted by Gasteiger charge is -2.11. The molecule has 1 aromatic carbocycles. The molecule has 3 nitrogen and oxygen atoms in total. The molecule has 78 valence electrons. The summed E-state index contributed by atoms with van der Waals surface area (Å²) in [4.78, 5) is 24.7. The van der Waals surface area contributed by atoms with Gasteiger partial charge in [-0.15, -0.1) is 0 Å². The van der Waals surface area contributed by atoms with Crippen LogP contribution in [0.1, 0.15) is 16.8 Å². The molecule has 15 heavy (non-hydrogen) atoms. The van der Waals surface area contributed by atoms with Crippen molar-refractivity contribution in [1.29, 1.82) is 0 Å². The Bertz CT molecular complexity index is 372. The average Bonchev–Trinajstić information content (AvgIpc) is 2.65. The topological polar surface area (TPSA) is 37.4 Å². The highest BCUT2D eigenvalue weighted by atomic mass is 16.1. The summed E-state index contributed by atoms with van der Waals surface area (Å²) in [6.07, 6.45) is 0.585. The van der Waals surface area contributed by atoms with Gasteiger partial charge in [0.2, 0.25) is 0 Å². The van der Waals surface area contributed by atoms with Gasteiger partial charge in [-0.3, -0.25) is 14.5 Å². The van der Waals surface area contributed by atoms with Gasteiger partial charge >= 0.3 is 0 Å². The third-order valence-electron chi connectivity index (χ3n) is 2.57. The predicted octanol–water partition coefficient (Wildman–Crippen LogP) is 1.14. The van der Waals surface area contributed by atoms with Crippen molar-refractivity contribution in [3.63, 3.8) is 0 Å². The zero-order chi connectivity index (χ0) is 10.7. The molecule has 1 aliphatic rings. The molecule has 1 aliphatic heterocycles. The van der Waals surface area contributed by atoms with E-state index < -0.39 is 0 Å². The van der Waals surface area contributed by atoms with Crippen molar-refractivity contribution < 1.29 is 9.59 Å². The highest BCUT2D eigenvalue weighted by Gasteiger charge is 2.21. The van der Waals surface area contributed by atoms with Crippen LogP contribution in [0.5, 0.6) is 0 Å². The summed E-state index contributed by atoms with van der Waals surface area (Å²) in [6, 6.07) is 9.20. The summed E-state index contributed by atoms with van der Waals surface area (Å²) in [5.74, 6) is 0.321. The number of Topliss-reactive ketones (excluding diaryl/α,β-unsaturated/α-hetero) is 2. The molecule has 1 heterocycles. The number of hydrogen-bond acceptors (Lipinski definition) is 3. The van der Waals surface area contributed by atoms with E-state index in [-0.39, 0.29) is 11.6 Å². The fraction of sp³-hybridized carbons (Fsp3) is 0.333. The van der Waals surface area contributed by atoms with Gasteiger partial charge in [-0.05, 0) is 0 Å². The molecule has 0 radical (unpaired) electrons. The maximum atomic E-state index is 11.8. The lowest BCUT2D eigenvalue weighted by Crippen LogP contribution is -2.27. The summed E-state index contributed by atoms with van der Waals surface area (Å²) in [5.41, 5.74) is 0.719. The van der Waals surface area contributed by atoms with Crippen LogP contribution in [0.3, 0.4) is 0 Å². The normalized spacial score (nSPS) is 16.9. The van der Waals surface area contributed by atoms with Crippen molar-refractivity contribution in [2.75, 3.05) is 19.6 Å². The van der Waals surface area contributed by atoms with Crippen LogP contribution in [-0.2, 0) is 4.79 Å². The summed E-state index contributed by atoms with van der Waals surface area (Å²) >= 11 is 0. The molecule has 0 aliphatic carbocycles. The van der Waals surface area contributed by atoms with Gasteiger partial charge in [-0.1, -0.05) is 30.3 Å². The minimum atomic E-state index is 0.0882. The first-order valence-corrected chi connectivity index (χ1v) is 5.08. The molecule has 1 aromatic rings. The number of carbonyl (C=O) groups excluding carboxylic acids is 2. The van der Waals surface area contributed by atoms with Crippen molar-refractivity contribution in [2.45, 2.75) is 6.42 Å². The first kappa shape index (κ1) is 10.1. The van der Waals surface area contributed by atoms with Crippen molar-refractivity contribution in [3.8, 4) is 0 Å². The molecule has 1 fully saturated rings. The van der Waals surface area contributed by atoms with Gasteiger partial charge in [-0.25, -0.2) is 0 Å². The highest BCUT2D eigenvalue weighted by Crippen LogP contribution is 2.07. The van der Waals surface area contributed by atoms with E-state index in [9.17, 15) is 9.59 Å². The van der Waals surface area contributed by atoms with E-state index in [2.05, 4.69) is 0 Å². The SMILES string of the molecule is O=C1CCN(CC(=O)c2ccccc2)C1. The molecule has 0 N–H and O–H groups in total. The molecule has 0 aromatic heterocycles. The van der Waals surface area contributed by atoms with E-state index in [1.54, 1.807) is 12.1 Å². The van der Waals surface area contributed by atoms with E-state index >= 15 is 0 Å². The van der Waals surface area contributed by atoms with Gasteiger partial charge in [0.15, 0.2) is 5.78 Å². The van der Waals surface area contributed by atoms with E-state index in [0.29, 0.717) is 19.5 Å². The molecular formula is C12H13NO2. The predicted molar refractivity (Wildman–Crippen MR) is 56.8 cm³/mol. The molecule has 0 amide bonds. The van der Waals surface area contributed by atoms with Crippen LogP contribution < -0.4 is 0 Å². The maximum Gasteiger partial charge on any atom is 0.176 e. The van der Waals surface area contributed by atoms with Crippen LogP contribution in [-0.4, -0.2) is 36.1 Å². The molecule has 2 rings (SSSR count). The smallest absolute Gasteiger partial charge is 0.176 e. The van der Waals surface area contributed by atoms with E-state index in [0.717, 1.165) is 12.1 Å². The van der Waals surface area contributed by atoms with Crippen LogP contribution in [0, 0.1) is 0 Å². The minimum Gasteiger partial charge on any atom is -0.298 e. The Morgan fingerprint density at radius 3 is 2.60 bits per heavy atom. The number of benzene rings is 1. The van der Waals surface area contributed by atoms with Crippen molar-refractivity contribution in [3.05, 3.63) is 35.9 Å². The maximum absolute atomic E-state index is 11.8. The van der Waals surface area contributed by atoms with Crippen LogP contribution in [0.4, 0.5) is 0 Å². The molecular weight excluding hydrogens is 190 g/mol. The van der Waals surface area contributed by atoms with Crippen LogP contribution in [0.15, 0.2) is 30.3 Å². The second kappa shape index (κ2) is 4.36. The first-order valence-electron chi connectivity index (χ1n) is 5.08. The quantitative estimate of drug-likeness (QED) is 0.691. The molecule has 0 spiro atoms. The van der Waals surface area contributed by atoms with E-state index in [4.69, 9.17) is 0 Å². The summed E-state index contributed by atoms with van der Waals surface area (Å²) in [5, 5.41) is 0. The third kappa shape index (κ3) is 2.50. The molecule has 1 saturated heterocycles. The first-order chi connectivity index (χ1) is 7.25. The van der Waals surface area contributed by atoms with Gasteiger partial charge in [0.05, 0.1) is 13.1 Å². The Hall–Kier alpha value is -1.48. The standard InChI is InChI=1S/C12H13NO2/c14-11-6-7-13(8-11)9-12(15)10-4-2-1-3-5-10/h1-5H,6-9H2. The Balaban J connectivity index is 1.96. The number of likely N-dealkylation sites (tertiary alicyclic amines) is 1. The van der Waals surface area contributed by atoms with Crippen LogP contribution >= 0.6 is 0 Å². The molecule has 0 atom stereocenters. The van der Waals surface area contributed by atoms with Gasteiger partial charge in [-0.2, -0.15) is 0 Å².